The number of rotatable bonds is 9. The van der Waals surface area contributed by atoms with E-state index in [2.05, 4.69) is 21.7 Å². The molecule has 0 radical (unpaired) electrons. The number of carbonyl (C=O) groups is 1. The second-order valence-corrected chi connectivity index (χ2v) is 8.14. The summed E-state index contributed by atoms with van der Waals surface area (Å²) >= 11 is 1.71. The molecule has 1 fully saturated rings. The largest absolute Gasteiger partial charge is 0.484 e. The van der Waals surface area contributed by atoms with Crippen molar-refractivity contribution in [1.29, 1.82) is 0 Å². The maximum atomic E-state index is 12.4. The predicted molar refractivity (Wildman–Crippen MR) is 121 cm³/mol. The van der Waals surface area contributed by atoms with E-state index in [4.69, 9.17) is 14.2 Å². The van der Waals surface area contributed by atoms with E-state index in [0.29, 0.717) is 18.0 Å². The maximum absolute atomic E-state index is 12.4. The topological polar surface area (TPSA) is 60.0 Å². The Bertz CT molecular complexity index is 926. The molecule has 0 unspecified atom stereocenters. The highest BCUT2D eigenvalue weighted by molar-refractivity contribution is 7.10. The van der Waals surface area contributed by atoms with Gasteiger partial charge in [-0.2, -0.15) is 0 Å². The number of hydrogen-bond acceptors (Lipinski definition) is 6. The van der Waals surface area contributed by atoms with E-state index in [1.54, 1.807) is 23.5 Å². The maximum Gasteiger partial charge on any atom is 0.258 e. The number of carbonyl (C=O) groups excluding carboxylic acids is 1. The highest BCUT2D eigenvalue weighted by atomic mass is 32.1. The van der Waals surface area contributed by atoms with Crippen molar-refractivity contribution in [2.75, 3.05) is 39.5 Å². The molecule has 1 amide bonds. The zero-order chi connectivity index (χ0) is 21.3. The van der Waals surface area contributed by atoms with Crippen LogP contribution in [0.15, 0.2) is 72.1 Å². The highest BCUT2D eigenvalue weighted by Crippen LogP contribution is 2.26. The van der Waals surface area contributed by atoms with Crippen molar-refractivity contribution in [2.45, 2.75) is 6.04 Å². The zero-order valence-electron chi connectivity index (χ0n) is 17.2. The minimum absolute atomic E-state index is 0.0286. The molecule has 7 heteroatoms. The lowest BCUT2D eigenvalue weighted by Crippen LogP contribution is -2.44. The van der Waals surface area contributed by atoms with Gasteiger partial charge in [-0.25, -0.2) is 0 Å². The Morgan fingerprint density at radius 1 is 0.968 bits per heavy atom. The lowest BCUT2D eigenvalue weighted by atomic mass is 10.2. The van der Waals surface area contributed by atoms with Crippen LogP contribution in [0.25, 0.3) is 0 Å². The highest BCUT2D eigenvalue weighted by Gasteiger charge is 2.24. The van der Waals surface area contributed by atoms with Crippen LogP contribution in [0.4, 0.5) is 0 Å². The Labute approximate surface area is 186 Å². The number of nitrogens with one attached hydrogen (secondary N) is 1. The van der Waals surface area contributed by atoms with Crippen LogP contribution in [0.2, 0.25) is 0 Å². The third kappa shape index (κ3) is 6.30. The number of amides is 1. The van der Waals surface area contributed by atoms with Crippen molar-refractivity contribution >= 4 is 17.2 Å². The quantitative estimate of drug-likeness (QED) is 0.545. The summed E-state index contributed by atoms with van der Waals surface area (Å²) in [6.45, 7) is 3.70. The van der Waals surface area contributed by atoms with Crippen LogP contribution < -0.4 is 14.8 Å². The number of para-hydroxylation sites is 1. The fourth-order valence-corrected chi connectivity index (χ4v) is 4.28. The molecule has 162 valence electrons. The van der Waals surface area contributed by atoms with E-state index in [0.717, 1.165) is 32.1 Å². The molecule has 1 saturated heterocycles. The number of morpholine rings is 1. The second-order valence-electron chi connectivity index (χ2n) is 7.16. The Morgan fingerprint density at radius 3 is 2.39 bits per heavy atom. The van der Waals surface area contributed by atoms with Crippen LogP contribution in [0.1, 0.15) is 10.9 Å². The summed E-state index contributed by atoms with van der Waals surface area (Å²) in [4.78, 5) is 16.0. The molecule has 1 atom stereocenters. The van der Waals surface area contributed by atoms with Crippen LogP contribution in [-0.2, 0) is 9.53 Å². The van der Waals surface area contributed by atoms with Crippen LogP contribution >= 0.6 is 11.3 Å². The second kappa shape index (κ2) is 10.9. The van der Waals surface area contributed by atoms with Crippen LogP contribution in [0, 0.1) is 0 Å². The minimum Gasteiger partial charge on any atom is -0.484 e. The predicted octanol–water partition coefficient (Wildman–Crippen LogP) is 4.11. The summed E-state index contributed by atoms with van der Waals surface area (Å²) in [5.41, 5.74) is 0. The summed E-state index contributed by atoms with van der Waals surface area (Å²) in [5.74, 6) is 1.97. The SMILES string of the molecule is O=C(COc1ccc(Oc2ccccc2)cc1)NC[C@@H](c1cccs1)N1CCOCC1. The zero-order valence-corrected chi connectivity index (χ0v) is 18.1. The number of benzene rings is 2. The Hall–Kier alpha value is -2.87. The van der Waals surface area contributed by atoms with Gasteiger partial charge in [-0.15, -0.1) is 11.3 Å². The Morgan fingerprint density at radius 2 is 1.68 bits per heavy atom. The third-order valence-corrected chi connectivity index (χ3v) is 6.00. The lowest BCUT2D eigenvalue weighted by molar-refractivity contribution is -0.123. The fourth-order valence-electron chi connectivity index (χ4n) is 3.42. The first-order valence-corrected chi connectivity index (χ1v) is 11.2. The fraction of sp³-hybridized carbons (Fsp3) is 0.292. The molecule has 0 spiro atoms. The molecule has 0 saturated carbocycles. The Kier molecular flexibility index (Phi) is 7.55. The van der Waals surface area contributed by atoms with Crippen molar-refractivity contribution < 1.29 is 19.0 Å². The van der Waals surface area contributed by atoms with Crippen molar-refractivity contribution in [2.24, 2.45) is 0 Å². The standard InChI is InChI=1S/C24H26N2O4S/c27-24(25-17-22(23-7-4-16-31-23)26-12-14-28-15-13-26)18-29-19-8-10-21(11-9-19)30-20-5-2-1-3-6-20/h1-11,16,22H,12-15,17-18H2,(H,25,27)/t22-/m0/s1. The van der Waals surface area contributed by atoms with E-state index in [1.165, 1.54) is 4.88 Å². The molecule has 6 nitrogen and oxygen atoms in total. The molecular formula is C24H26N2O4S. The molecule has 0 aliphatic carbocycles. The van der Waals surface area contributed by atoms with Crippen molar-refractivity contribution in [3.8, 4) is 17.2 Å². The molecule has 1 aliphatic heterocycles. The van der Waals surface area contributed by atoms with Gasteiger partial charge >= 0.3 is 0 Å². The van der Waals surface area contributed by atoms with Crippen molar-refractivity contribution in [3.05, 3.63) is 77.0 Å². The molecule has 1 N–H and O–H groups in total. The number of hydrogen-bond donors (Lipinski definition) is 1. The summed E-state index contributed by atoms with van der Waals surface area (Å²) in [5, 5.41) is 5.09. The van der Waals surface area contributed by atoms with Crippen LogP contribution in [0.3, 0.4) is 0 Å². The Balaban J connectivity index is 1.25. The van der Waals surface area contributed by atoms with Crippen molar-refractivity contribution in [1.82, 2.24) is 10.2 Å². The van der Waals surface area contributed by atoms with Crippen LogP contribution in [0.5, 0.6) is 17.2 Å². The van der Waals surface area contributed by atoms with Gasteiger partial charge in [0.1, 0.15) is 17.2 Å². The van der Waals surface area contributed by atoms with Crippen LogP contribution in [-0.4, -0.2) is 50.3 Å². The molecule has 4 rings (SSSR count). The van der Waals surface area contributed by atoms with Gasteiger partial charge in [-0.05, 0) is 47.8 Å². The van der Waals surface area contributed by atoms with Gasteiger partial charge in [-0.1, -0.05) is 24.3 Å². The first-order chi connectivity index (χ1) is 15.3. The summed E-state index contributed by atoms with van der Waals surface area (Å²) < 4.78 is 16.9. The molecular weight excluding hydrogens is 412 g/mol. The number of nitrogens with zero attached hydrogens (tertiary/aromatic N) is 1. The van der Waals surface area contributed by atoms with Gasteiger partial charge < -0.3 is 19.5 Å². The summed E-state index contributed by atoms with van der Waals surface area (Å²) in [7, 11) is 0. The summed E-state index contributed by atoms with van der Waals surface area (Å²) in [6, 6.07) is 21.2. The molecule has 0 bridgehead atoms. The molecule has 31 heavy (non-hydrogen) atoms. The van der Waals surface area contributed by atoms with Gasteiger partial charge in [0.2, 0.25) is 0 Å². The first-order valence-electron chi connectivity index (χ1n) is 10.4. The van der Waals surface area contributed by atoms with E-state index < -0.39 is 0 Å². The summed E-state index contributed by atoms with van der Waals surface area (Å²) in [6.07, 6.45) is 0. The van der Waals surface area contributed by atoms with E-state index in [9.17, 15) is 4.79 Å². The molecule has 1 aliphatic rings. The van der Waals surface area contributed by atoms with Gasteiger partial charge in [0.25, 0.3) is 5.91 Å². The smallest absolute Gasteiger partial charge is 0.258 e. The third-order valence-electron chi connectivity index (χ3n) is 5.02. The van der Waals surface area contributed by atoms with Gasteiger partial charge in [-0.3, -0.25) is 9.69 Å². The molecule has 1 aromatic heterocycles. The van der Waals surface area contributed by atoms with Gasteiger partial charge in [0.15, 0.2) is 6.61 Å². The average Bonchev–Trinajstić information content (AvgIpc) is 3.35. The average molecular weight is 439 g/mol. The minimum atomic E-state index is -0.139. The van der Waals surface area contributed by atoms with E-state index in [1.807, 2.05) is 48.5 Å². The number of thiophene rings is 1. The first kappa shape index (κ1) is 21.4. The molecule has 3 aromatic rings. The van der Waals surface area contributed by atoms with Crippen molar-refractivity contribution in [3.63, 3.8) is 0 Å². The number of ether oxygens (including phenoxy) is 3. The van der Waals surface area contributed by atoms with Gasteiger partial charge in [0.05, 0.1) is 19.3 Å². The monoisotopic (exact) mass is 438 g/mol. The molecule has 2 heterocycles. The van der Waals surface area contributed by atoms with Gasteiger partial charge in [0, 0.05) is 24.5 Å². The van der Waals surface area contributed by atoms with E-state index in [-0.39, 0.29) is 18.6 Å². The van der Waals surface area contributed by atoms with E-state index >= 15 is 0 Å². The lowest BCUT2D eigenvalue weighted by Gasteiger charge is -2.34. The normalized spacial score (nSPS) is 15.2. The molecule has 2 aromatic carbocycles.